The molecule has 2 rings (SSSR count). The average molecular weight is 289 g/mol. The van der Waals surface area contributed by atoms with Crippen molar-refractivity contribution >= 4 is 5.82 Å². The summed E-state index contributed by atoms with van der Waals surface area (Å²) in [5.74, 6) is 0.244. The van der Waals surface area contributed by atoms with Gasteiger partial charge in [-0.2, -0.15) is 13.2 Å². The summed E-state index contributed by atoms with van der Waals surface area (Å²) in [6.07, 6.45) is -1.48. The highest BCUT2D eigenvalue weighted by Gasteiger charge is 2.36. The summed E-state index contributed by atoms with van der Waals surface area (Å²) in [7, 11) is 0. The zero-order valence-electron chi connectivity index (χ0n) is 11.7. The lowest BCUT2D eigenvalue weighted by Gasteiger charge is -2.43. The molecule has 0 amide bonds. The molecule has 0 atom stereocenters. The van der Waals surface area contributed by atoms with Crippen LogP contribution < -0.4 is 4.90 Å². The fourth-order valence-corrected chi connectivity index (χ4v) is 1.88. The number of ether oxygens (including phenoxy) is 1. The number of halogens is 3. The van der Waals surface area contributed by atoms with E-state index in [0.29, 0.717) is 13.1 Å². The number of hydrogen-bond acceptors (Lipinski definition) is 4. The van der Waals surface area contributed by atoms with E-state index in [4.69, 9.17) is 4.74 Å². The van der Waals surface area contributed by atoms with Gasteiger partial charge in [-0.25, -0.2) is 4.98 Å². The first-order chi connectivity index (χ1) is 9.21. The molecular formula is C13H18F3N3O. The third-order valence-corrected chi connectivity index (χ3v) is 3.42. The number of anilines is 1. The van der Waals surface area contributed by atoms with Gasteiger partial charge in [-0.05, 0) is 20.3 Å². The van der Waals surface area contributed by atoms with Gasteiger partial charge in [-0.15, -0.1) is 0 Å². The summed E-state index contributed by atoms with van der Waals surface area (Å²) in [6.45, 7) is 7.12. The van der Waals surface area contributed by atoms with Gasteiger partial charge in [0.2, 0.25) is 0 Å². The van der Waals surface area contributed by atoms with Crippen LogP contribution in [0.4, 0.5) is 19.0 Å². The van der Waals surface area contributed by atoms with Gasteiger partial charge < -0.3 is 9.64 Å². The van der Waals surface area contributed by atoms with E-state index in [1.54, 1.807) is 4.90 Å². The highest BCUT2D eigenvalue weighted by molar-refractivity contribution is 5.40. The van der Waals surface area contributed by atoms with Crippen molar-refractivity contribution in [1.82, 2.24) is 9.97 Å². The maximum Gasteiger partial charge on any atom is 0.434 e. The second kappa shape index (κ2) is 5.20. The third kappa shape index (κ3) is 3.39. The van der Waals surface area contributed by atoms with Gasteiger partial charge in [-0.3, -0.25) is 4.98 Å². The Morgan fingerprint density at radius 2 is 1.95 bits per heavy atom. The van der Waals surface area contributed by atoms with Crippen molar-refractivity contribution in [3.05, 3.63) is 18.1 Å². The molecule has 0 aliphatic carbocycles. The number of alkyl halides is 3. The molecule has 1 aliphatic rings. The summed E-state index contributed by atoms with van der Waals surface area (Å²) in [5.41, 5.74) is -1.18. The first-order valence-corrected chi connectivity index (χ1v) is 6.53. The molecule has 20 heavy (non-hydrogen) atoms. The van der Waals surface area contributed by atoms with Crippen LogP contribution in [0.5, 0.6) is 0 Å². The lowest BCUT2D eigenvalue weighted by Crippen LogP contribution is -2.55. The Balaban J connectivity index is 1.96. The molecule has 1 fully saturated rings. The summed E-state index contributed by atoms with van der Waals surface area (Å²) >= 11 is 0. The lowest BCUT2D eigenvalue weighted by molar-refractivity contribution is -0.141. The van der Waals surface area contributed by atoms with Crippen molar-refractivity contribution < 1.29 is 17.9 Å². The maximum atomic E-state index is 12.6. The molecule has 1 aromatic rings. The Bertz CT molecular complexity index is 470. The Hall–Kier alpha value is -1.37. The van der Waals surface area contributed by atoms with Crippen molar-refractivity contribution in [2.24, 2.45) is 0 Å². The van der Waals surface area contributed by atoms with Crippen LogP contribution in [0.15, 0.2) is 12.4 Å². The van der Waals surface area contributed by atoms with Crippen LogP contribution in [0, 0.1) is 0 Å². The molecule has 0 radical (unpaired) electrons. The van der Waals surface area contributed by atoms with E-state index in [9.17, 15) is 13.2 Å². The molecule has 0 bridgehead atoms. The van der Waals surface area contributed by atoms with Crippen LogP contribution in [0.25, 0.3) is 0 Å². The Kier molecular flexibility index (Phi) is 3.90. The Morgan fingerprint density at radius 1 is 1.30 bits per heavy atom. The van der Waals surface area contributed by atoms with Gasteiger partial charge in [0.15, 0.2) is 5.69 Å². The number of aromatic nitrogens is 2. The fourth-order valence-electron chi connectivity index (χ4n) is 1.88. The van der Waals surface area contributed by atoms with Crippen molar-refractivity contribution in [3.8, 4) is 0 Å². The van der Waals surface area contributed by atoms with E-state index in [1.165, 1.54) is 6.20 Å². The molecule has 1 aliphatic heterocycles. The molecule has 1 saturated heterocycles. The van der Waals surface area contributed by atoms with Gasteiger partial charge in [-0.1, -0.05) is 6.92 Å². The standard InChI is InChI=1S/C13H18F3N3O/c1-4-12(2,3)20-9-7-19(8-9)11-6-17-5-10(18-11)13(14,15)16/h5-6,9H,4,7-8H2,1-3H3. The molecule has 0 aromatic carbocycles. The fraction of sp³-hybridized carbons (Fsp3) is 0.692. The van der Waals surface area contributed by atoms with E-state index in [2.05, 4.69) is 9.97 Å². The van der Waals surface area contributed by atoms with Gasteiger partial charge in [0, 0.05) is 13.1 Å². The number of nitrogens with zero attached hydrogens (tertiary/aromatic N) is 3. The average Bonchev–Trinajstić information content (AvgIpc) is 2.32. The topological polar surface area (TPSA) is 38.2 Å². The minimum absolute atomic E-state index is 0.0290. The van der Waals surface area contributed by atoms with E-state index < -0.39 is 11.9 Å². The van der Waals surface area contributed by atoms with Crippen LogP contribution in [0.1, 0.15) is 32.9 Å². The third-order valence-electron chi connectivity index (χ3n) is 3.42. The second-order valence-corrected chi connectivity index (χ2v) is 5.52. The van der Waals surface area contributed by atoms with E-state index >= 15 is 0 Å². The largest absolute Gasteiger partial charge is 0.434 e. The first-order valence-electron chi connectivity index (χ1n) is 6.53. The SMILES string of the molecule is CCC(C)(C)OC1CN(c2cncc(C(F)(F)F)n2)C1. The van der Waals surface area contributed by atoms with Crippen LogP contribution in [0.2, 0.25) is 0 Å². The van der Waals surface area contributed by atoms with Gasteiger partial charge >= 0.3 is 6.18 Å². The van der Waals surface area contributed by atoms with E-state index in [-0.39, 0.29) is 17.5 Å². The monoisotopic (exact) mass is 289 g/mol. The quantitative estimate of drug-likeness (QED) is 0.854. The van der Waals surface area contributed by atoms with E-state index in [1.807, 2.05) is 20.8 Å². The summed E-state index contributed by atoms with van der Waals surface area (Å²) in [4.78, 5) is 8.94. The summed E-state index contributed by atoms with van der Waals surface area (Å²) < 4.78 is 43.5. The van der Waals surface area contributed by atoms with E-state index in [0.717, 1.165) is 12.6 Å². The molecule has 2 heterocycles. The molecule has 1 aromatic heterocycles. The molecular weight excluding hydrogens is 271 g/mol. The zero-order chi connectivity index (χ0) is 15.0. The normalized spacial score (nSPS) is 17.2. The van der Waals surface area contributed by atoms with Crippen molar-refractivity contribution in [1.29, 1.82) is 0 Å². The van der Waals surface area contributed by atoms with Gasteiger partial charge in [0.25, 0.3) is 0 Å². The molecule has 0 saturated carbocycles. The first kappa shape index (κ1) is 15.0. The summed E-state index contributed by atoms with van der Waals surface area (Å²) in [6, 6.07) is 0. The minimum Gasteiger partial charge on any atom is -0.369 e. The molecule has 0 N–H and O–H groups in total. The van der Waals surface area contributed by atoms with Crippen molar-refractivity contribution in [2.75, 3.05) is 18.0 Å². The molecule has 0 unspecified atom stereocenters. The lowest BCUT2D eigenvalue weighted by atomic mass is 10.0. The number of rotatable bonds is 4. The summed E-state index contributed by atoms with van der Waals surface area (Å²) in [5, 5.41) is 0. The molecule has 112 valence electrons. The second-order valence-electron chi connectivity index (χ2n) is 5.52. The van der Waals surface area contributed by atoms with Crippen LogP contribution in [-0.2, 0) is 10.9 Å². The molecule has 4 nitrogen and oxygen atoms in total. The minimum atomic E-state index is -4.46. The Morgan fingerprint density at radius 3 is 2.50 bits per heavy atom. The van der Waals surface area contributed by atoms with Crippen LogP contribution in [-0.4, -0.2) is 34.8 Å². The Labute approximate surface area is 116 Å². The van der Waals surface area contributed by atoms with Crippen LogP contribution >= 0.6 is 0 Å². The van der Waals surface area contributed by atoms with Gasteiger partial charge in [0.05, 0.1) is 24.1 Å². The molecule has 0 spiro atoms. The maximum absolute atomic E-state index is 12.6. The van der Waals surface area contributed by atoms with Gasteiger partial charge in [0.1, 0.15) is 5.82 Å². The smallest absolute Gasteiger partial charge is 0.369 e. The predicted molar refractivity (Wildman–Crippen MR) is 68.5 cm³/mol. The highest BCUT2D eigenvalue weighted by Crippen LogP contribution is 2.30. The van der Waals surface area contributed by atoms with Crippen LogP contribution in [0.3, 0.4) is 0 Å². The van der Waals surface area contributed by atoms with Crippen molar-refractivity contribution in [2.45, 2.75) is 45.1 Å². The van der Waals surface area contributed by atoms with Crippen molar-refractivity contribution in [3.63, 3.8) is 0 Å². The molecule has 7 heteroatoms. The highest BCUT2D eigenvalue weighted by atomic mass is 19.4. The predicted octanol–water partition coefficient (Wildman–Crippen LogP) is 2.89. The zero-order valence-corrected chi connectivity index (χ0v) is 11.7. The number of hydrogen-bond donors (Lipinski definition) is 0.